The topological polar surface area (TPSA) is 23.6 Å². The Bertz CT molecular complexity index is 254. The van der Waals surface area contributed by atoms with Crippen LogP contribution in [0.5, 0.6) is 0 Å². The molecule has 18 heavy (non-hydrogen) atoms. The lowest BCUT2D eigenvalue weighted by molar-refractivity contribution is -0.142. The first-order chi connectivity index (χ1) is 8.53. The molecular weight excluding hydrogens is 231 g/mol. The van der Waals surface area contributed by atoms with Crippen molar-refractivity contribution in [3.05, 3.63) is 0 Å². The van der Waals surface area contributed by atoms with Gasteiger partial charge in [-0.15, -0.1) is 0 Å². The molecule has 0 aromatic rings. The summed E-state index contributed by atoms with van der Waals surface area (Å²) in [6.45, 7) is 12.4. The van der Waals surface area contributed by atoms with Gasteiger partial charge in [0.1, 0.15) is 0 Å². The number of carbonyl (C=O) groups is 1. The molecule has 0 aromatic carbocycles. The van der Waals surface area contributed by atoms with Gasteiger partial charge in [0.2, 0.25) is 0 Å². The lowest BCUT2D eigenvalue weighted by Crippen LogP contribution is -2.55. The summed E-state index contributed by atoms with van der Waals surface area (Å²) in [7, 11) is 2.03. The van der Waals surface area contributed by atoms with Crippen molar-refractivity contribution in [3.8, 4) is 0 Å². The molecule has 1 amide bonds. The molecule has 1 aliphatic heterocycles. The van der Waals surface area contributed by atoms with Crippen LogP contribution in [-0.4, -0.2) is 54.1 Å². The molecule has 108 valence electrons. The molecule has 3 nitrogen and oxygen atoms in total. The second-order valence-corrected chi connectivity index (χ2v) is 4.58. The molecule has 2 rings (SSSR count). The predicted molar refractivity (Wildman–Crippen MR) is 74.4 cm³/mol. The van der Waals surface area contributed by atoms with Crippen LogP contribution >= 0.6 is 0 Å². The third-order valence-electron chi connectivity index (χ3n) is 3.16. The second-order valence-electron chi connectivity index (χ2n) is 4.58. The van der Waals surface area contributed by atoms with Gasteiger partial charge in [0.15, 0.2) is 5.67 Å². The maximum Gasteiger partial charge on any atom is 0.260 e. The highest BCUT2D eigenvalue weighted by atomic mass is 19.1. The zero-order chi connectivity index (χ0) is 14.3. The molecule has 1 saturated carbocycles. The fraction of sp³-hybridized carbons (Fsp3) is 0.929. The highest BCUT2D eigenvalue weighted by Crippen LogP contribution is 2.41. The first-order valence-electron chi connectivity index (χ1n) is 7.21. The lowest BCUT2D eigenvalue weighted by atomic mass is 10.1. The average molecular weight is 260 g/mol. The number of hydrogen-bond donors (Lipinski definition) is 0. The van der Waals surface area contributed by atoms with Gasteiger partial charge in [-0.1, -0.05) is 27.7 Å². The third kappa shape index (κ3) is 4.23. The SMILES string of the molecule is CC.CC.CC1CN(C)CCN1C(=O)C1(F)CC1. The average Bonchev–Trinajstić information content (AvgIpc) is 3.13. The molecule has 0 spiro atoms. The maximum absolute atomic E-state index is 13.5. The number of nitrogens with zero attached hydrogens (tertiary/aromatic N) is 2. The molecule has 1 atom stereocenters. The van der Waals surface area contributed by atoms with E-state index in [1.54, 1.807) is 4.90 Å². The van der Waals surface area contributed by atoms with Gasteiger partial charge >= 0.3 is 0 Å². The van der Waals surface area contributed by atoms with E-state index in [-0.39, 0.29) is 11.9 Å². The van der Waals surface area contributed by atoms with E-state index >= 15 is 0 Å². The van der Waals surface area contributed by atoms with Gasteiger partial charge < -0.3 is 9.80 Å². The second kappa shape index (κ2) is 7.72. The van der Waals surface area contributed by atoms with Crippen molar-refractivity contribution in [2.75, 3.05) is 26.7 Å². The fourth-order valence-electron chi connectivity index (χ4n) is 2.02. The van der Waals surface area contributed by atoms with Crippen molar-refractivity contribution in [3.63, 3.8) is 0 Å². The summed E-state index contributed by atoms with van der Waals surface area (Å²) in [5, 5.41) is 0. The van der Waals surface area contributed by atoms with Gasteiger partial charge in [-0.2, -0.15) is 0 Å². The molecule has 2 fully saturated rings. The molecule has 0 radical (unpaired) electrons. The summed E-state index contributed by atoms with van der Waals surface area (Å²) in [5.74, 6) is -0.280. The van der Waals surface area contributed by atoms with Crippen molar-refractivity contribution >= 4 is 5.91 Å². The summed E-state index contributed by atoms with van der Waals surface area (Å²) in [4.78, 5) is 15.6. The maximum atomic E-state index is 13.5. The Kier molecular flexibility index (Phi) is 7.45. The monoisotopic (exact) mass is 260 g/mol. The molecule has 1 aliphatic carbocycles. The van der Waals surface area contributed by atoms with Crippen molar-refractivity contribution < 1.29 is 9.18 Å². The van der Waals surface area contributed by atoms with E-state index in [2.05, 4.69) is 4.90 Å². The number of amides is 1. The number of likely N-dealkylation sites (N-methyl/N-ethyl adjacent to an activating group) is 1. The molecule has 0 bridgehead atoms. The van der Waals surface area contributed by atoms with Crippen molar-refractivity contribution in [1.82, 2.24) is 9.80 Å². The van der Waals surface area contributed by atoms with E-state index in [0.717, 1.165) is 13.1 Å². The van der Waals surface area contributed by atoms with E-state index in [1.165, 1.54) is 0 Å². The summed E-state index contributed by atoms with van der Waals surface area (Å²) < 4.78 is 13.5. The Labute approximate surface area is 111 Å². The number of alkyl halides is 1. The van der Waals surface area contributed by atoms with Gasteiger partial charge in [-0.3, -0.25) is 4.79 Å². The van der Waals surface area contributed by atoms with E-state index < -0.39 is 5.67 Å². The standard InChI is InChI=1S/C10H17FN2O.2C2H6/c1-8-7-12(2)5-6-13(8)9(14)10(11)3-4-10;2*1-2/h8H,3-7H2,1-2H3;2*1-2H3. The Balaban J connectivity index is 0.000000659. The largest absolute Gasteiger partial charge is 0.335 e. The van der Waals surface area contributed by atoms with Crippen molar-refractivity contribution in [2.45, 2.75) is 59.2 Å². The first-order valence-corrected chi connectivity index (χ1v) is 7.21. The number of rotatable bonds is 1. The van der Waals surface area contributed by atoms with Crippen LogP contribution in [0.2, 0.25) is 0 Å². The summed E-state index contributed by atoms with van der Waals surface area (Å²) >= 11 is 0. The van der Waals surface area contributed by atoms with E-state index in [0.29, 0.717) is 19.4 Å². The molecule has 1 unspecified atom stereocenters. The van der Waals surface area contributed by atoms with Crippen LogP contribution in [0.4, 0.5) is 4.39 Å². The van der Waals surface area contributed by atoms with Crippen LogP contribution in [0.15, 0.2) is 0 Å². The van der Waals surface area contributed by atoms with Gasteiger partial charge in [0.25, 0.3) is 5.91 Å². The van der Waals surface area contributed by atoms with Gasteiger partial charge in [-0.05, 0) is 26.8 Å². The molecule has 1 heterocycles. The zero-order valence-corrected chi connectivity index (χ0v) is 12.8. The van der Waals surface area contributed by atoms with Crippen LogP contribution in [0, 0.1) is 0 Å². The normalized spacial score (nSPS) is 25.3. The highest BCUT2D eigenvalue weighted by Gasteiger charge is 2.53. The summed E-state index contributed by atoms with van der Waals surface area (Å²) in [6.07, 6.45) is 0.843. The van der Waals surface area contributed by atoms with Crippen molar-refractivity contribution in [1.29, 1.82) is 0 Å². The van der Waals surface area contributed by atoms with Crippen LogP contribution in [0.3, 0.4) is 0 Å². The highest BCUT2D eigenvalue weighted by molar-refractivity contribution is 5.88. The van der Waals surface area contributed by atoms with Crippen molar-refractivity contribution in [2.24, 2.45) is 0 Å². The first kappa shape index (κ1) is 17.4. The Morgan fingerprint density at radius 3 is 2.06 bits per heavy atom. The minimum atomic E-state index is -1.50. The molecule has 1 saturated heterocycles. The quantitative estimate of drug-likeness (QED) is 0.723. The Morgan fingerprint density at radius 1 is 1.17 bits per heavy atom. The number of halogens is 1. The van der Waals surface area contributed by atoms with Gasteiger partial charge in [0, 0.05) is 25.7 Å². The third-order valence-corrected chi connectivity index (χ3v) is 3.16. The van der Waals surface area contributed by atoms with E-state index in [4.69, 9.17) is 0 Å². The van der Waals surface area contributed by atoms with Crippen LogP contribution in [0.25, 0.3) is 0 Å². The minimum absolute atomic E-state index is 0.148. The molecule has 0 N–H and O–H groups in total. The fourth-order valence-corrected chi connectivity index (χ4v) is 2.02. The van der Waals surface area contributed by atoms with Crippen LogP contribution < -0.4 is 0 Å². The molecule has 4 heteroatoms. The molecular formula is C14H29FN2O. The van der Waals surface area contributed by atoms with E-state index in [9.17, 15) is 9.18 Å². The zero-order valence-electron chi connectivity index (χ0n) is 12.8. The van der Waals surface area contributed by atoms with Gasteiger partial charge in [0.05, 0.1) is 0 Å². The van der Waals surface area contributed by atoms with Gasteiger partial charge in [-0.25, -0.2) is 4.39 Å². The predicted octanol–water partition coefficient (Wildman–Crippen LogP) is 2.70. The summed E-state index contributed by atoms with van der Waals surface area (Å²) in [6, 6.07) is 0.148. The molecule has 2 aliphatic rings. The van der Waals surface area contributed by atoms with E-state index in [1.807, 2.05) is 41.7 Å². The van der Waals surface area contributed by atoms with Crippen LogP contribution in [0.1, 0.15) is 47.5 Å². The molecule has 0 aromatic heterocycles. The lowest BCUT2D eigenvalue weighted by Gasteiger charge is -2.38. The smallest absolute Gasteiger partial charge is 0.260 e. The van der Waals surface area contributed by atoms with Crippen LogP contribution in [-0.2, 0) is 4.79 Å². The Hall–Kier alpha value is -0.640. The number of carbonyl (C=O) groups excluding carboxylic acids is 1. The Morgan fingerprint density at radius 2 is 1.67 bits per heavy atom. The number of hydrogen-bond acceptors (Lipinski definition) is 2. The number of piperazine rings is 1. The summed E-state index contributed by atoms with van der Waals surface area (Å²) in [5.41, 5.74) is -1.50. The minimum Gasteiger partial charge on any atom is -0.335 e.